The summed E-state index contributed by atoms with van der Waals surface area (Å²) in [6, 6.07) is 14.4. The largest absolute Gasteiger partial charge is 0.378 e. The predicted molar refractivity (Wildman–Crippen MR) is 98.1 cm³/mol. The van der Waals surface area contributed by atoms with Crippen LogP contribution in [0.4, 0.5) is 0 Å². The van der Waals surface area contributed by atoms with Crippen molar-refractivity contribution in [2.45, 2.75) is 51.0 Å². The van der Waals surface area contributed by atoms with Crippen molar-refractivity contribution in [3.05, 3.63) is 48.0 Å². The minimum Gasteiger partial charge on any atom is -0.378 e. The van der Waals surface area contributed by atoms with Gasteiger partial charge in [0.15, 0.2) is 0 Å². The fraction of sp³-hybridized carbons (Fsp3) is 0.476. The molecule has 2 aromatic rings. The molecule has 1 saturated carbocycles. The Morgan fingerprint density at radius 2 is 1.83 bits per heavy atom. The molecule has 0 saturated heterocycles. The van der Waals surface area contributed by atoms with Crippen LogP contribution in [0, 0.1) is 0 Å². The van der Waals surface area contributed by atoms with E-state index < -0.39 is 0 Å². The molecule has 1 aliphatic rings. The van der Waals surface area contributed by atoms with Crippen molar-refractivity contribution in [2.24, 2.45) is 0 Å². The smallest absolute Gasteiger partial charge is 0.224 e. The fourth-order valence-corrected chi connectivity index (χ4v) is 3.38. The second-order valence-electron chi connectivity index (χ2n) is 6.69. The van der Waals surface area contributed by atoms with Crippen LogP contribution in [0.1, 0.15) is 44.1 Å². The van der Waals surface area contributed by atoms with Gasteiger partial charge in [-0.3, -0.25) is 4.79 Å². The molecule has 0 heterocycles. The summed E-state index contributed by atoms with van der Waals surface area (Å²) in [7, 11) is 0. The zero-order valence-corrected chi connectivity index (χ0v) is 14.3. The maximum atomic E-state index is 12.1. The van der Waals surface area contributed by atoms with Gasteiger partial charge in [0.1, 0.15) is 0 Å². The normalized spacial score (nSPS) is 15.5. The number of hydrogen-bond donors (Lipinski definition) is 1. The van der Waals surface area contributed by atoms with Gasteiger partial charge in [-0.2, -0.15) is 0 Å². The number of carbonyl (C=O) groups excluding carboxylic acids is 1. The zero-order chi connectivity index (χ0) is 16.6. The lowest BCUT2D eigenvalue weighted by Crippen LogP contribution is -2.27. The van der Waals surface area contributed by atoms with Crippen LogP contribution < -0.4 is 5.32 Å². The molecule has 2 aromatic carbocycles. The van der Waals surface area contributed by atoms with Crippen LogP contribution in [-0.4, -0.2) is 25.2 Å². The standard InChI is InChI=1S/C21H27NO2/c23-21(22-13-6-14-24-20-9-2-1-3-10-20)16-17-11-12-18-7-4-5-8-19(18)15-17/h4-5,7-8,11-12,15,20H,1-3,6,9-10,13-14,16H2,(H,22,23). The van der Waals surface area contributed by atoms with E-state index in [1.165, 1.54) is 42.9 Å². The molecule has 0 aromatic heterocycles. The topological polar surface area (TPSA) is 38.3 Å². The summed E-state index contributed by atoms with van der Waals surface area (Å²) in [6.45, 7) is 1.44. The van der Waals surface area contributed by atoms with Crippen LogP contribution in [-0.2, 0) is 16.0 Å². The zero-order valence-electron chi connectivity index (χ0n) is 14.3. The van der Waals surface area contributed by atoms with Gasteiger partial charge in [-0.25, -0.2) is 0 Å². The number of amides is 1. The number of nitrogens with one attached hydrogen (secondary N) is 1. The molecule has 1 fully saturated rings. The highest BCUT2D eigenvalue weighted by atomic mass is 16.5. The van der Waals surface area contributed by atoms with E-state index in [1.54, 1.807) is 0 Å². The summed E-state index contributed by atoms with van der Waals surface area (Å²) in [4.78, 5) is 12.1. The van der Waals surface area contributed by atoms with Gasteiger partial charge in [0.25, 0.3) is 0 Å². The third-order valence-electron chi connectivity index (χ3n) is 4.73. The molecule has 0 spiro atoms. The highest BCUT2D eigenvalue weighted by Crippen LogP contribution is 2.20. The Morgan fingerprint density at radius 1 is 1.04 bits per heavy atom. The van der Waals surface area contributed by atoms with E-state index in [2.05, 4.69) is 29.6 Å². The molecule has 0 aliphatic heterocycles. The van der Waals surface area contributed by atoms with Crippen LogP contribution in [0.5, 0.6) is 0 Å². The predicted octanol–water partition coefficient (Wildman–Crippen LogP) is 4.24. The Labute approximate surface area is 144 Å². The average molecular weight is 325 g/mol. The lowest BCUT2D eigenvalue weighted by molar-refractivity contribution is -0.120. The number of hydrogen-bond acceptors (Lipinski definition) is 2. The van der Waals surface area contributed by atoms with Crippen LogP contribution in [0.25, 0.3) is 10.8 Å². The summed E-state index contributed by atoms with van der Waals surface area (Å²) in [6.07, 6.45) is 8.13. The Morgan fingerprint density at radius 3 is 2.67 bits per heavy atom. The van der Waals surface area contributed by atoms with Crippen molar-refractivity contribution in [3.8, 4) is 0 Å². The highest BCUT2D eigenvalue weighted by Gasteiger charge is 2.13. The van der Waals surface area contributed by atoms with Crippen molar-refractivity contribution in [3.63, 3.8) is 0 Å². The quantitative estimate of drug-likeness (QED) is 0.773. The number of ether oxygens (including phenoxy) is 1. The molecule has 1 amide bonds. The first-order valence-corrected chi connectivity index (χ1v) is 9.17. The molecule has 0 atom stereocenters. The molecule has 24 heavy (non-hydrogen) atoms. The second-order valence-corrected chi connectivity index (χ2v) is 6.69. The maximum absolute atomic E-state index is 12.1. The van der Waals surface area contributed by atoms with E-state index in [4.69, 9.17) is 4.74 Å². The van der Waals surface area contributed by atoms with Crippen molar-refractivity contribution in [1.29, 1.82) is 0 Å². The van der Waals surface area contributed by atoms with Crippen LogP contribution in [0.2, 0.25) is 0 Å². The Hall–Kier alpha value is -1.87. The van der Waals surface area contributed by atoms with Crippen molar-refractivity contribution >= 4 is 16.7 Å². The Balaban J connectivity index is 1.35. The summed E-state index contributed by atoms with van der Waals surface area (Å²) < 4.78 is 5.88. The summed E-state index contributed by atoms with van der Waals surface area (Å²) in [5, 5.41) is 5.39. The molecule has 0 radical (unpaired) electrons. The van der Waals surface area contributed by atoms with E-state index in [9.17, 15) is 4.79 Å². The molecule has 0 bridgehead atoms. The summed E-state index contributed by atoms with van der Waals surface area (Å²) in [5.74, 6) is 0.0861. The SMILES string of the molecule is O=C(Cc1ccc2ccccc2c1)NCCCOC1CCCCC1. The van der Waals surface area contributed by atoms with Crippen LogP contribution in [0.3, 0.4) is 0 Å². The first-order chi connectivity index (χ1) is 11.8. The van der Waals surface area contributed by atoms with Crippen LogP contribution in [0.15, 0.2) is 42.5 Å². The van der Waals surface area contributed by atoms with Gasteiger partial charge < -0.3 is 10.1 Å². The van der Waals surface area contributed by atoms with E-state index in [0.29, 0.717) is 19.1 Å². The van der Waals surface area contributed by atoms with Gasteiger partial charge in [-0.15, -0.1) is 0 Å². The number of rotatable bonds is 7. The second kappa shape index (κ2) is 8.84. The molecular weight excluding hydrogens is 298 g/mol. The molecule has 3 heteroatoms. The third kappa shape index (κ3) is 5.07. The Kier molecular flexibility index (Phi) is 6.25. The molecule has 1 N–H and O–H groups in total. The lowest BCUT2D eigenvalue weighted by atomic mass is 9.98. The van der Waals surface area contributed by atoms with Crippen LogP contribution >= 0.6 is 0 Å². The molecular formula is C21H27NO2. The highest BCUT2D eigenvalue weighted by molar-refractivity contribution is 5.85. The number of carbonyl (C=O) groups is 1. The average Bonchev–Trinajstić information content (AvgIpc) is 2.62. The van der Waals surface area contributed by atoms with Gasteiger partial charge in [0, 0.05) is 13.2 Å². The minimum atomic E-state index is 0.0861. The monoisotopic (exact) mass is 325 g/mol. The third-order valence-corrected chi connectivity index (χ3v) is 4.73. The van der Waals surface area contributed by atoms with Gasteiger partial charge in [-0.05, 0) is 35.6 Å². The minimum absolute atomic E-state index is 0.0861. The summed E-state index contributed by atoms with van der Waals surface area (Å²) in [5.41, 5.74) is 1.06. The lowest BCUT2D eigenvalue weighted by Gasteiger charge is -2.21. The van der Waals surface area contributed by atoms with Gasteiger partial charge in [0.05, 0.1) is 12.5 Å². The van der Waals surface area contributed by atoms with Crippen molar-refractivity contribution in [2.75, 3.05) is 13.2 Å². The van der Waals surface area contributed by atoms with Crippen molar-refractivity contribution < 1.29 is 9.53 Å². The first-order valence-electron chi connectivity index (χ1n) is 9.17. The van der Waals surface area contributed by atoms with E-state index in [0.717, 1.165) is 18.6 Å². The van der Waals surface area contributed by atoms with E-state index in [-0.39, 0.29) is 5.91 Å². The molecule has 3 rings (SSSR count). The molecule has 128 valence electrons. The maximum Gasteiger partial charge on any atom is 0.224 e. The van der Waals surface area contributed by atoms with E-state index >= 15 is 0 Å². The Bertz CT molecular complexity index is 662. The van der Waals surface area contributed by atoms with Gasteiger partial charge in [0.2, 0.25) is 5.91 Å². The fourth-order valence-electron chi connectivity index (χ4n) is 3.38. The van der Waals surface area contributed by atoms with E-state index in [1.807, 2.05) is 18.2 Å². The molecule has 3 nitrogen and oxygen atoms in total. The molecule has 1 aliphatic carbocycles. The summed E-state index contributed by atoms with van der Waals surface area (Å²) >= 11 is 0. The number of benzene rings is 2. The van der Waals surface area contributed by atoms with Gasteiger partial charge >= 0.3 is 0 Å². The number of fused-ring (bicyclic) bond motifs is 1. The van der Waals surface area contributed by atoms with Gasteiger partial charge in [-0.1, -0.05) is 61.7 Å². The molecule has 0 unspecified atom stereocenters. The first kappa shape index (κ1) is 17.0. The van der Waals surface area contributed by atoms with Crippen molar-refractivity contribution in [1.82, 2.24) is 5.32 Å².